The van der Waals surface area contributed by atoms with E-state index in [-0.39, 0.29) is 6.10 Å². The van der Waals surface area contributed by atoms with Crippen molar-refractivity contribution >= 4 is 0 Å². The first-order valence-electron chi connectivity index (χ1n) is 5.22. The summed E-state index contributed by atoms with van der Waals surface area (Å²) in [6, 6.07) is 0. The number of hydrogen-bond donors (Lipinski definition) is 1. The van der Waals surface area contributed by atoms with E-state index in [0.29, 0.717) is 6.61 Å². The van der Waals surface area contributed by atoms with Crippen molar-refractivity contribution in [2.45, 2.75) is 50.1 Å². The van der Waals surface area contributed by atoms with Gasteiger partial charge in [0.05, 0.1) is 6.61 Å². The van der Waals surface area contributed by atoms with Gasteiger partial charge in [-0.1, -0.05) is 12.3 Å². The molecular formula is C11H16O3. The summed E-state index contributed by atoms with van der Waals surface area (Å²) in [5, 5.41) is 9.43. The first kappa shape index (κ1) is 9.97. The molecular weight excluding hydrogens is 180 g/mol. The molecule has 1 spiro atoms. The number of rotatable bonds is 1. The maximum atomic E-state index is 9.43. The number of ether oxygens (including phenoxy) is 2. The molecule has 14 heavy (non-hydrogen) atoms. The zero-order valence-corrected chi connectivity index (χ0v) is 8.24. The molecule has 2 rings (SSSR count). The number of terminal acetylenes is 1. The third kappa shape index (κ3) is 1.78. The molecule has 0 aromatic carbocycles. The minimum absolute atomic E-state index is 0.335. The molecule has 0 bridgehead atoms. The van der Waals surface area contributed by atoms with Crippen molar-refractivity contribution in [3.05, 3.63) is 0 Å². The molecule has 2 atom stereocenters. The molecule has 1 saturated heterocycles. The maximum absolute atomic E-state index is 9.43. The van der Waals surface area contributed by atoms with Gasteiger partial charge < -0.3 is 14.6 Å². The van der Waals surface area contributed by atoms with Crippen LogP contribution in [0.3, 0.4) is 0 Å². The Bertz CT molecular complexity index is 237. The molecule has 1 N–H and O–H groups in total. The highest BCUT2D eigenvalue weighted by molar-refractivity contribution is 5.00. The fourth-order valence-electron chi connectivity index (χ4n) is 2.19. The summed E-state index contributed by atoms with van der Waals surface area (Å²) in [7, 11) is 0. The number of aliphatic hydroxyl groups is 1. The normalized spacial score (nSPS) is 32.7. The zero-order valence-electron chi connectivity index (χ0n) is 8.24. The Labute approximate surface area is 84.4 Å². The molecule has 2 unspecified atom stereocenters. The minimum atomic E-state index is -0.837. The van der Waals surface area contributed by atoms with Crippen molar-refractivity contribution < 1.29 is 14.6 Å². The van der Waals surface area contributed by atoms with Crippen LogP contribution >= 0.6 is 0 Å². The average molecular weight is 196 g/mol. The van der Waals surface area contributed by atoms with Gasteiger partial charge in [0.25, 0.3) is 0 Å². The van der Waals surface area contributed by atoms with Crippen molar-refractivity contribution in [2.75, 3.05) is 6.61 Å². The van der Waals surface area contributed by atoms with Crippen LogP contribution in [0, 0.1) is 12.3 Å². The molecule has 2 fully saturated rings. The molecule has 0 aromatic heterocycles. The lowest BCUT2D eigenvalue weighted by molar-refractivity contribution is -0.192. The van der Waals surface area contributed by atoms with E-state index in [1.165, 1.54) is 6.42 Å². The maximum Gasteiger partial charge on any atom is 0.169 e. The lowest BCUT2D eigenvalue weighted by Gasteiger charge is -2.31. The first-order valence-corrected chi connectivity index (χ1v) is 5.22. The highest BCUT2D eigenvalue weighted by Crippen LogP contribution is 2.38. The van der Waals surface area contributed by atoms with E-state index in [2.05, 4.69) is 5.92 Å². The zero-order chi connectivity index (χ0) is 10.0. The van der Waals surface area contributed by atoms with E-state index in [0.717, 1.165) is 25.7 Å². The van der Waals surface area contributed by atoms with Crippen molar-refractivity contribution in [3.63, 3.8) is 0 Å². The standard InChI is InChI=1S/C11H16O3/c1-2-9(12)10-8-13-11(14-10)6-4-3-5-7-11/h1,9-10,12H,3-8H2. The van der Waals surface area contributed by atoms with E-state index < -0.39 is 11.9 Å². The fourth-order valence-corrected chi connectivity index (χ4v) is 2.19. The van der Waals surface area contributed by atoms with Gasteiger partial charge in [-0.05, 0) is 12.8 Å². The van der Waals surface area contributed by atoms with Crippen LogP contribution in [0.2, 0.25) is 0 Å². The molecule has 2 aliphatic rings. The lowest BCUT2D eigenvalue weighted by atomic mass is 9.94. The smallest absolute Gasteiger partial charge is 0.169 e. The molecule has 1 aliphatic carbocycles. The summed E-state index contributed by atoms with van der Waals surface area (Å²) < 4.78 is 11.4. The number of hydrogen-bond acceptors (Lipinski definition) is 3. The van der Waals surface area contributed by atoms with Gasteiger partial charge in [-0.3, -0.25) is 0 Å². The predicted molar refractivity (Wildman–Crippen MR) is 51.5 cm³/mol. The Balaban J connectivity index is 1.96. The van der Waals surface area contributed by atoms with E-state index >= 15 is 0 Å². The minimum Gasteiger partial charge on any atom is -0.378 e. The molecule has 3 nitrogen and oxygen atoms in total. The topological polar surface area (TPSA) is 38.7 Å². The second-order valence-electron chi connectivity index (χ2n) is 4.05. The molecule has 78 valence electrons. The van der Waals surface area contributed by atoms with Crippen molar-refractivity contribution in [1.29, 1.82) is 0 Å². The second kappa shape index (κ2) is 3.90. The van der Waals surface area contributed by atoms with Gasteiger partial charge in [0.2, 0.25) is 0 Å². The first-order chi connectivity index (χ1) is 6.76. The summed E-state index contributed by atoms with van der Waals surface area (Å²) in [5.74, 6) is 1.85. The largest absolute Gasteiger partial charge is 0.378 e. The SMILES string of the molecule is C#CC(O)C1COC2(CCCCC2)O1. The van der Waals surface area contributed by atoms with Crippen LogP contribution < -0.4 is 0 Å². The van der Waals surface area contributed by atoms with Gasteiger partial charge in [-0.25, -0.2) is 0 Å². The summed E-state index contributed by atoms with van der Waals surface area (Å²) in [5.41, 5.74) is 0. The monoisotopic (exact) mass is 196 g/mol. The Morgan fingerprint density at radius 3 is 2.71 bits per heavy atom. The summed E-state index contributed by atoms with van der Waals surface area (Å²) >= 11 is 0. The van der Waals surface area contributed by atoms with Crippen molar-refractivity contribution in [1.82, 2.24) is 0 Å². The highest BCUT2D eigenvalue weighted by Gasteiger charge is 2.44. The van der Waals surface area contributed by atoms with Gasteiger partial charge >= 0.3 is 0 Å². The quantitative estimate of drug-likeness (QED) is 0.637. The van der Waals surface area contributed by atoms with Crippen molar-refractivity contribution in [2.24, 2.45) is 0 Å². The third-order valence-corrected chi connectivity index (χ3v) is 3.02. The van der Waals surface area contributed by atoms with Gasteiger partial charge in [-0.15, -0.1) is 6.42 Å². The molecule has 0 amide bonds. The van der Waals surface area contributed by atoms with E-state index in [9.17, 15) is 5.11 Å². The molecule has 1 saturated carbocycles. The van der Waals surface area contributed by atoms with Crippen LogP contribution in [0.5, 0.6) is 0 Å². The Hall–Kier alpha value is -0.560. The van der Waals surface area contributed by atoms with Crippen LogP contribution in [0.15, 0.2) is 0 Å². The molecule has 1 aliphatic heterocycles. The number of aliphatic hydroxyl groups excluding tert-OH is 1. The van der Waals surface area contributed by atoms with Gasteiger partial charge in [0.15, 0.2) is 5.79 Å². The van der Waals surface area contributed by atoms with Crippen LogP contribution in [0.4, 0.5) is 0 Å². The fraction of sp³-hybridized carbons (Fsp3) is 0.818. The highest BCUT2D eigenvalue weighted by atomic mass is 16.7. The van der Waals surface area contributed by atoms with Crippen molar-refractivity contribution in [3.8, 4) is 12.3 Å². The lowest BCUT2D eigenvalue weighted by Crippen LogP contribution is -2.35. The van der Waals surface area contributed by atoms with Gasteiger partial charge in [0, 0.05) is 12.8 Å². The Morgan fingerprint density at radius 1 is 1.36 bits per heavy atom. The van der Waals surface area contributed by atoms with Crippen LogP contribution in [-0.4, -0.2) is 29.7 Å². The van der Waals surface area contributed by atoms with E-state index in [1.807, 2.05) is 0 Å². The molecule has 3 heteroatoms. The van der Waals surface area contributed by atoms with Crippen LogP contribution in [0.25, 0.3) is 0 Å². The molecule has 1 heterocycles. The predicted octanol–water partition coefficient (Wildman–Crippen LogP) is 1.06. The van der Waals surface area contributed by atoms with Gasteiger partial charge in [0.1, 0.15) is 12.2 Å². The summed E-state index contributed by atoms with van der Waals surface area (Å²) in [6.07, 6.45) is 9.35. The Kier molecular flexibility index (Phi) is 2.78. The van der Waals surface area contributed by atoms with Gasteiger partial charge in [-0.2, -0.15) is 0 Å². The second-order valence-corrected chi connectivity index (χ2v) is 4.05. The molecule has 0 radical (unpaired) electrons. The average Bonchev–Trinajstić information content (AvgIpc) is 2.62. The van der Waals surface area contributed by atoms with E-state index in [4.69, 9.17) is 15.9 Å². The van der Waals surface area contributed by atoms with Crippen LogP contribution in [-0.2, 0) is 9.47 Å². The van der Waals surface area contributed by atoms with Crippen LogP contribution in [0.1, 0.15) is 32.1 Å². The summed E-state index contributed by atoms with van der Waals surface area (Å²) in [4.78, 5) is 0. The Morgan fingerprint density at radius 2 is 2.07 bits per heavy atom. The van der Waals surface area contributed by atoms with E-state index in [1.54, 1.807) is 0 Å². The molecule has 0 aromatic rings. The third-order valence-electron chi connectivity index (χ3n) is 3.02. The summed E-state index contributed by atoms with van der Waals surface area (Å²) in [6.45, 7) is 0.422.